The summed E-state index contributed by atoms with van der Waals surface area (Å²) in [5, 5.41) is 10.2. The van der Waals surface area contributed by atoms with E-state index in [4.69, 9.17) is 9.72 Å². The van der Waals surface area contributed by atoms with Crippen molar-refractivity contribution in [3.63, 3.8) is 0 Å². The lowest BCUT2D eigenvalue weighted by atomic mass is 9.87. The molecule has 0 saturated heterocycles. The zero-order valence-corrected chi connectivity index (χ0v) is 21.5. The minimum atomic E-state index is -1.09. The minimum Gasteiger partial charge on any atom is -0.479 e. The summed E-state index contributed by atoms with van der Waals surface area (Å²) in [6.07, 6.45) is 0.735. The first-order valence-electron chi connectivity index (χ1n) is 12.4. The quantitative estimate of drug-likeness (QED) is 0.463. The number of ether oxygens (including phenoxy) is 1. The van der Waals surface area contributed by atoms with Gasteiger partial charge in [0.15, 0.2) is 6.10 Å². The third-order valence-corrected chi connectivity index (χ3v) is 6.52. The Bertz CT molecular complexity index is 1180. The van der Waals surface area contributed by atoms with Gasteiger partial charge in [-0.1, -0.05) is 60.2 Å². The smallest absolute Gasteiger partial charge is 0.337 e. The zero-order valence-electron chi connectivity index (χ0n) is 21.5. The minimum absolute atomic E-state index is 0.613. The summed E-state index contributed by atoms with van der Waals surface area (Å²) in [5.74, 6) is -0.991. The van der Waals surface area contributed by atoms with Crippen LogP contribution in [0.5, 0.6) is 0 Å². The molecule has 1 N–H and O–H groups in total. The van der Waals surface area contributed by atoms with Crippen LogP contribution < -0.4 is 0 Å². The number of fused-ring (bicyclic) bond motifs is 1. The van der Waals surface area contributed by atoms with Crippen molar-refractivity contribution >= 4 is 5.97 Å². The van der Waals surface area contributed by atoms with E-state index in [1.54, 1.807) is 0 Å². The number of carbonyl (C=O) groups is 1. The summed E-state index contributed by atoms with van der Waals surface area (Å²) in [5.41, 5.74) is 7.44. The standard InChI is InChI=1S/C30H36N2O3/c1-20-11-13-23(14-12-20)27-24-19-32(17-15-22-9-7-6-8-10-22)18-16-25(24)31-21(2)26(27)28(29(33)34)35-30(3,4)5/h6-14,28H,15-19H2,1-5H3,(H,33,34)/t28-/m0/s1. The summed E-state index contributed by atoms with van der Waals surface area (Å²) in [6.45, 7) is 12.3. The summed E-state index contributed by atoms with van der Waals surface area (Å²) >= 11 is 0. The molecular weight excluding hydrogens is 436 g/mol. The lowest BCUT2D eigenvalue weighted by Gasteiger charge is -2.33. The number of aliphatic carboxylic acids is 1. The molecule has 0 radical (unpaired) electrons. The largest absolute Gasteiger partial charge is 0.479 e. The second-order valence-corrected chi connectivity index (χ2v) is 10.5. The third-order valence-electron chi connectivity index (χ3n) is 6.52. The van der Waals surface area contributed by atoms with Crippen LogP contribution in [0.2, 0.25) is 0 Å². The molecule has 0 amide bonds. The predicted molar refractivity (Wildman–Crippen MR) is 139 cm³/mol. The second-order valence-electron chi connectivity index (χ2n) is 10.5. The van der Waals surface area contributed by atoms with E-state index in [1.807, 2.05) is 33.8 Å². The predicted octanol–water partition coefficient (Wildman–Crippen LogP) is 5.91. The average Bonchev–Trinajstić information content (AvgIpc) is 2.81. The van der Waals surface area contributed by atoms with Crippen LogP contribution in [-0.2, 0) is 28.9 Å². The number of hydrogen-bond acceptors (Lipinski definition) is 4. The number of carboxylic acid groups (broad SMARTS) is 1. The molecule has 2 heterocycles. The fraction of sp³-hybridized carbons (Fsp3) is 0.400. The van der Waals surface area contributed by atoms with Crippen molar-refractivity contribution in [1.29, 1.82) is 0 Å². The molecule has 35 heavy (non-hydrogen) atoms. The Kier molecular flexibility index (Phi) is 7.39. The molecule has 4 rings (SSSR count). The fourth-order valence-corrected chi connectivity index (χ4v) is 4.84. The van der Waals surface area contributed by atoms with Crippen molar-refractivity contribution in [2.75, 3.05) is 13.1 Å². The molecule has 5 nitrogen and oxygen atoms in total. The lowest BCUT2D eigenvalue weighted by molar-refractivity contribution is -0.160. The number of rotatable bonds is 7. The monoisotopic (exact) mass is 472 g/mol. The first-order valence-corrected chi connectivity index (χ1v) is 12.4. The van der Waals surface area contributed by atoms with Gasteiger partial charge in [-0.05, 0) is 63.3 Å². The van der Waals surface area contributed by atoms with Gasteiger partial charge in [0.05, 0.1) is 5.60 Å². The van der Waals surface area contributed by atoms with Crippen molar-refractivity contribution in [3.8, 4) is 11.1 Å². The first-order chi connectivity index (χ1) is 16.6. The number of nitrogens with zero attached hydrogens (tertiary/aromatic N) is 2. The third kappa shape index (κ3) is 5.98. The van der Waals surface area contributed by atoms with Crippen molar-refractivity contribution in [2.24, 2.45) is 0 Å². The molecule has 0 spiro atoms. The normalized spacial score (nSPS) is 15.0. The molecule has 1 aliphatic rings. The van der Waals surface area contributed by atoms with Crippen LogP contribution in [-0.4, -0.2) is 39.7 Å². The van der Waals surface area contributed by atoms with E-state index in [9.17, 15) is 9.90 Å². The first kappa shape index (κ1) is 25.1. The van der Waals surface area contributed by atoms with Crippen LogP contribution in [0, 0.1) is 13.8 Å². The highest BCUT2D eigenvalue weighted by molar-refractivity contribution is 5.82. The molecule has 1 aliphatic heterocycles. The topological polar surface area (TPSA) is 62.7 Å². The van der Waals surface area contributed by atoms with E-state index in [-0.39, 0.29) is 0 Å². The Balaban J connectivity index is 1.79. The number of benzene rings is 2. The van der Waals surface area contributed by atoms with Gasteiger partial charge in [-0.2, -0.15) is 0 Å². The molecule has 2 aromatic carbocycles. The highest BCUT2D eigenvalue weighted by atomic mass is 16.5. The van der Waals surface area contributed by atoms with Crippen LogP contribution in [0.1, 0.15) is 60.5 Å². The number of hydrogen-bond donors (Lipinski definition) is 1. The lowest BCUT2D eigenvalue weighted by Crippen LogP contribution is -2.34. The van der Waals surface area contributed by atoms with E-state index < -0.39 is 17.7 Å². The molecule has 1 atom stereocenters. The van der Waals surface area contributed by atoms with E-state index in [0.29, 0.717) is 5.56 Å². The number of pyridine rings is 1. The van der Waals surface area contributed by atoms with Gasteiger partial charge in [0, 0.05) is 43.0 Å². The number of aryl methyl sites for hydroxylation is 2. The maximum absolute atomic E-state index is 12.5. The molecular formula is C30H36N2O3. The molecule has 0 fully saturated rings. The summed E-state index contributed by atoms with van der Waals surface area (Å²) < 4.78 is 6.12. The molecule has 184 valence electrons. The van der Waals surface area contributed by atoms with Gasteiger partial charge in [-0.3, -0.25) is 9.88 Å². The van der Waals surface area contributed by atoms with E-state index >= 15 is 0 Å². The van der Waals surface area contributed by atoms with Crippen LogP contribution in [0.3, 0.4) is 0 Å². The van der Waals surface area contributed by atoms with Crippen LogP contribution >= 0.6 is 0 Å². The molecule has 0 saturated carbocycles. The van der Waals surface area contributed by atoms with Crippen molar-refractivity contribution in [3.05, 3.63) is 88.2 Å². The SMILES string of the molecule is Cc1ccc(-c2c3c(nc(C)c2[C@H](OC(C)(C)C)C(=O)O)CCN(CCc2ccccc2)C3)cc1. The Morgan fingerprint density at radius 1 is 1.09 bits per heavy atom. The van der Waals surface area contributed by atoms with Crippen molar-refractivity contribution < 1.29 is 14.6 Å². The Labute approximate surface area is 208 Å². The summed E-state index contributed by atoms with van der Waals surface area (Å²) in [7, 11) is 0. The van der Waals surface area contributed by atoms with Crippen LogP contribution in [0.4, 0.5) is 0 Å². The highest BCUT2D eigenvalue weighted by Crippen LogP contribution is 2.40. The number of carboxylic acids is 1. The molecule has 0 unspecified atom stereocenters. The van der Waals surface area contributed by atoms with Crippen LogP contribution in [0.25, 0.3) is 11.1 Å². The molecule has 0 bridgehead atoms. The van der Waals surface area contributed by atoms with Gasteiger partial charge in [0.2, 0.25) is 0 Å². The van der Waals surface area contributed by atoms with Gasteiger partial charge in [0.1, 0.15) is 0 Å². The highest BCUT2D eigenvalue weighted by Gasteiger charge is 2.34. The van der Waals surface area contributed by atoms with Gasteiger partial charge < -0.3 is 9.84 Å². The zero-order chi connectivity index (χ0) is 25.2. The maximum atomic E-state index is 12.5. The van der Waals surface area contributed by atoms with Gasteiger partial charge in [-0.15, -0.1) is 0 Å². The molecule has 5 heteroatoms. The van der Waals surface area contributed by atoms with Gasteiger partial charge >= 0.3 is 5.97 Å². The van der Waals surface area contributed by atoms with Gasteiger partial charge in [-0.25, -0.2) is 4.79 Å². The van der Waals surface area contributed by atoms with E-state index in [1.165, 1.54) is 11.1 Å². The number of aromatic nitrogens is 1. The summed E-state index contributed by atoms with van der Waals surface area (Å²) in [4.78, 5) is 19.9. The molecule has 3 aromatic rings. The van der Waals surface area contributed by atoms with Crippen molar-refractivity contribution in [2.45, 2.75) is 65.7 Å². The average molecular weight is 473 g/mol. The Morgan fingerprint density at radius 2 is 1.77 bits per heavy atom. The van der Waals surface area contributed by atoms with Crippen molar-refractivity contribution in [1.82, 2.24) is 9.88 Å². The fourth-order valence-electron chi connectivity index (χ4n) is 4.84. The van der Waals surface area contributed by atoms with E-state index in [0.717, 1.165) is 60.6 Å². The maximum Gasteiger partial charge on any atom is 0.337 e. The van der Waals surface area contributed by atoms with Gasteiger partial charge in [0.25, 0.3) is 0 Å². The Hall–Kier alpha value is -3.02. The Morgan fingerprint density at radius 3 is 2.40 bits per heavy atom. The van der Waals surface area contributed by atoms with Crippen LogP contribution in [0.15, 0.2) is 54.6 Å². The molecule has 0 aliphatic carbocycles. The van der Waals surface area contributed by atoms with E-state index in [2.05, 4.69) is 60.4 Å². The molecule has 1 aromatic heterocycles. The summed E-state index contributed by atoms with van der Waals surface area (Å²) in [6, 6.07) is 18.9. The second kappa shape index (κ2) is 10.3.